The predicted molar refractivity (Wildman–Crippen MR) is 98.6 cm³/mol. The summed E-state index contributed by atoms with van der Waals surface area (Å²) >= 11 is 0. The maximum Gasteiger partial charge on any atom is 0.227 e. The summed E-state index contributed by atoms with van der Waals surface area (Å²) in [4.78, 5) is 31.1. The highest BCUT2D eigenvalue weighted by atomic mass is 16.2. The second-order valence-electron chi connectivity index (χ2n) is 7.68. The van der Waals surface area contributed by atoms with Gasteiger partial charge >= 0.3 is 0 Å². The lowest BCUT2D eigenvalue weighted by Gasteiger charge is -2.31. The highest BCUT2D eigenvalue weighted by Crippen LogP contribution is 2.32. The molecule has 2 aromatic rings. The van der Waals surface area contributed by atoms with Gasteiger partial charge in [0.05, 0.1) is 18.1 Å². The summed E-state index contributed by atoms with van der Waals surface area (Å²) in [6.45, 7) is 5.49. The summed E-state index contributed by atoms with van der Waals surface area (Å²) in [6, 6.07) is 2.15. The van der Waals surface area contributed by atoms with Crippen molar-refractivity contribution < 1.29 is 9.59 Å². The number of fused-ring (bicyclic) bond motifs is 1. The number of hydrogen-bond acceptors (Lipinski definition) is 4. The Morgan fingerprint density at radius 2 is 1.85 bits per heavy atom. The molecule has 0 radical (unpaired) electrons. The van der Waals surface area contributed by atoms with Crippen LogP contribution < -0.4 is 5.32 Å². The molecule has 0 unspecified atom stereocenters. The van der Waals surface area contributed by atoms with Crippen molar-refractivity contribution in [2.75, 3.05) is 18.4 Å². The van der Waals surface area contributed by atoms with Crippen molar-refractivity contribution in [1.82, 2.24) is 19.7 Å². The normalized spacial score (nSPS) is 18.5. The van der Waals surface area contributed by atoms with Gasteiger partial charge in [-0.3, -0.25) is 9.59 Å². The highest BCUT2D eigenvalue weighted by Gasteiger charge is 2.35. The van der Waals surface area contributed by atoms with Gasteiger partial charge in [0.2, 0.25) is 11.8 Å². The number of pyridine rings is 1. The van der Waals surface area contributed by atoms with Crippen LogP contribution in [0.15, 0.2) is 18.5 Å². The average Bonchev–Trinajstić information content (AvgIpc) is 3.40. The van der Waals surface area contributed by atoms with Crippen molar-refractivity contribution in [3.8, 4) is 0 Å². The van der Waals surface area contributed by atoms with Crippen LogP contribution in [0.2, 0.25) is 0 Å². The van der Waals surface area contributed by atoms with E-state index in [0.29, 0.717) is 18.8 Å². The van der Waals surface area contributed by atoms with Gasteiger partial charge in [-0.2, -0.15) is 5.10 Å². The molecule has 2 amide bonds. The fourth-order valence-electron chi connectivity index (χ4n) is 3.58. The van der Waals surface area contributed by atoms with E-state index in [4.69, 9.17) is 0 Å². The van der Waals surface area contributed by atoms with E-state index in [9.17, 15) is 9.59 Å². The van der Waals surface area contributed by atoms with Crippen LogP contribution in [0.25, 0.3) is 11.0 Å². The molecular weight excluding hydrogens is 330 g/mol. The van der Waals surface area contributed by atoms with E-state index in [1.165, 1.54) is 0 Å². The minimum atomic E-state index is -0.0488. The quantitative estimate of drug-likeness (QED) is 0.914. The number of hydrogen-bond donors (Lipinski definition) is 1. The molecule has 0 aromatic carbocycles. The minimum absolute atomic E-state index is 0.0147. The van der Waals surface area contributed by atoms with Crippen molar-refractivity contribution in [3.63, 3.8) is 0 Å². The lowest BCUT2D eigenvalue weighted by molar-refractivity contribution is -0.135. The average molecular weight is 355 g/mol. The van der Waals surface area contributed by atoms with E-state index in [1.54, 1.807) is 12.4 Å². The first-order valence-corrected chi connectivity index (χ1v) is 9.46. The predicted octanol–water partition coefficient (Wildman–Crippen LogP) is 2.60. The topological polar surface area (TPSA) is 80.1 Å². The van der Waals surface area contributed by atoms with Gasteiger partial charge in [0.15, 0.2) is 5.65 Å². The van der Waals surface area contributed by atoms with E-state index in [0.717, 1.165) is 36.7 Å². The molecule has 1 saturated carbocycles. The first kappa shape index (κ1) is 17.0. The number of rotatable bonds is 4. The van der Waals surface area contributed by atoms with E-state index in [2.05, 4.69) is 29.2 Å². The van der Waals surface area contributed by atoms with Crippen molar-refractivity contribution >= 4 is 28.5 Å². The third kappa shape index (κ3) is 3.30. The molecule has 1 saturated heterocycles. The lowest BCUT2D eigenvalue weighted by Crippen LogP contribution is -2.42. The van der Waals surface area contributed by atoms with Crippen LogP contribution in [0.4, 0.5) is 5.69 Å². The van der Waals surface area contributed by atoms with Crippen molar-refractivity contribution in [1.29, 1.82) is 0 Å². The summed E-state index contributed by atoms with van der Waals surface area (Å²) in [5.41, 5.74) is 1.52. The van der Waals surface area contributed by atoms with Gasteiger partial charge < -0.3 is 10.2 Å². The number of amides is 2. The van der Waals surface area contributed by atoms with Gasteiger partial charge in [0.25, 0.3) is 0 Å². The number of carbonyl (C=O) groups is 2. The third-order valence-corrected chi connectivity index (χ3v) is 5.29. The Bertz CT molecular complexity index is 832. The molecule has 1 N–H and O–H groups in total. The fraction of sp³-hybridized carbons (Fsp3) is 0.579. The fourth-order valence-corrected chi connectivity index (χ4v) is 3.58. The Morgan fingerprint density at radius 3 is 2.50 bits per heavy atom. The molecule has 26 heavy (non-hydrogen) atoms. The van der Waals surface area contributed by atoms with E-state index in [1.807, 2.05) is 15.6 Å². The maximum atomic E-state index is 12.6. The highest BCUT2D eigenvalue weighted by molar-refractivity contribution is 5.94. The summed E-state index contributed by atoms with van der Waals surface area (Å²) in [5.74, 6) is 0.499. The second-order valence-corrected chi connectivity index (χ2v) is 7.68. The molecular formula is C19H25N5O2. The van der Waals surface area contributed by atoms with Crippen LogP contribution >= 0.6 is 0 Å². The van der Waals surface area contributed by atoms with Gasteiger partial charge in [-0.25, -0.2) is 9.67 Å². The zero-order valence-corrected chi connectivity index (χ0v) is 15.3. The molecule has 4 rings (SSSR count). The Morgan fingerprint density at radius 1 is 1.12 bits per heavy atom. The number of nitrogens with zero attached hydrogens (tertiary/aromatic N) is 4. The molecule has 0 spiro atoms. The van der Waals surface area contributed by atoms with Gasteiger partial charge in [0.1, 0.15) is 0 Å². The number of nitrogens with one attached hydrogen (secondary N) is 1. The third-order valence-electron chi connectivity index (χ3n) is 5.29. The van der Waals surface area contributed by atoms with Gasteiger partial charge in [-0.1, -0.05) is 0 Å². The van der Waals surface area contributed by atoms with E-state index < -0.39 is 0 Å². The molecule has 0 bridgehead atoms. The summed E-state index contributed by atoms with van der Waals surface area (Å²) in [7, 11) is 0. The van der Waals surface area contributed by atoms with Crippen LogP contribution in [0.1, 0.15) is 45.6 Å². The Labute approximate surface area is 152 Å². The summed E-state index contributed by atoms with van der Waals surface area (Å²) < 4.78 is 1.87. The van der Waals surface area contributed by atoms with Gasteiger partial charge in [-0.15, -0.1) is 0 Å². The van der Waals surface area contributed by atoms with Crippen LogP contribution in [0.3, 0.4) is 0 Å². The molecule has 2 fully saturated rings. The first-order chi connectivity index (χ1) is 12.5. The SMILES string of the molecule is CC(C)n1ncc2cc(NC(=O)C3CCN(C(=O)C4CC4)CC3)cnc21. The Balaban J connectivity index is 1.37. The Hall–Kier alpha value is -2.44. The standard InChI is InChI=1S/C19H25N5O2/c1-12(2)24-17-15(10-21-24)9-16(11-20-17)22-18(25)13-5-7-23(8-6-13)19(26)14-3-4-14/h9-14H,3-8H2,1-2H3,(H,22,25). The number of anilines is 1. The van der Waals surface area contributed by atoms with Crippen molar-refractivity contribution in [2.45, 2.75) is 45.6 Å². The Kier molecular flexibility index (Phi) is 4.38. The number of likely N-dealkylation sites (tertiary alicyclic amines) is 1. The number of carbonyl (C=O) groups excluding carboxylic acids is 2. The monoisotopic (exact) mass is 355 g/mol. The molecule has 7 heteroatoms. The molecule has 2 aliphatic rings. The molecule has 1 aliphatic heterocycles. The van der Waals surface area contributed by atoms with E-state index >= 15 is 0 Å². The molecule has 138 valence electrons. The maximum absolute atomic E-state index is 12.6. The smallest absolute Gasteiger partial charge is 0.227 e. The van der Waals surface area contributed by atoms with Crippen LogP contribution in [-0.4, -0.2) is 44.6 Å². The van der Waals surface area contributed by atoms with Crippen molar-refractivity contribution in [2.24, 2.45) is 11.8 Å². The molecule has 3 heterocycles. The molecule has 7 nitrogen and oxygen atoms in total. The number of piperidine rings is 1. The molecule has 2 aromatic heterocycles. The van der Waals surface area contributed by atoms with Crippen LogP contribution in [-0.2, 0) is 9.59 Å². The zero-order chi connectivity index (χ0) is 18.3. The van der Waals surface area contributed by atoms with Crippen LogP contribution in [0.5, 0.6) is 0 Å². The first-order valence-electron chi connectivity index (χ1n) is 9.46. The summed E-state index contributed by atoms with van der Waals surface area (Å²) in [6.07, 6.45) is 6.98. The van der Waals surface area contributed by atoms with Gasteiger partial charge in [-0.05, 0) is 45.6 Å². The van der Waals surface area contributed by atoms with Crippen molar-refractivity contribution in [3.05, 3.63) is 18.5 Å². The zero-order valence-electron chi connectivity index (χ0n) is 15.3. The van der Waals surface area contributed by atoms with Crippen LogP contribution in [0, 0.1) is 11.8 Å². The largest absolute Gasteiger partial charge is 0.342 e. The van der Waals surface area contributed by atoms with E-state index in [-0.39, 0.29) is 29.7 Å². The lowest BCUT2D eigenvalue weighted by atomic mass is 9.95. The number of aromatic nitrogens is 3. The molecule has 1 aliphatic carbocycles. The molecule has 0 atom stereocenters. The second kappa shape index (κ2) is 6.70. The van der Waals surface area contributed by atoms with Gasteiger partial charge in [0, 0.05) is 36.4 Å². The minimum Gasteiger partial charge on any atom is -0.342 e. The summed E-state index contributed by atoms with van der Waals surface area (Å²) in [5, 5.41) is 8.25.